The number of hydrogen-bond donors (Lipinski definition) is 2. The minimum atomic E-state index is 0.277. The molecular formula is C16H21NO. The maximum atomic E-state index is 9.32. The molecule has 0 amide bonds. The Morgan fingerprint density at radius 1 is 1.33 bits per heavy atom. The number of allylic oxidation sites excluding steroid dienone is 5. The van der Waals surface area contributed by atoms with Crippen LogP contribution in [0.3, 0.4) is 0 Å². The monoisotopic (exact) mass is 243 g/mol. The Morgan fingerprint density at radius 2 is 1.94 bits per heavy atom. The van der Waals surface area contributed by atoms with E-state index in [0.29, 0.717) is 0 Å². The number of phenolic OH excluding ortho intramolecular Hbond substituents is 1. The molecule has 1 rings (SSSR count). The average molecular weight is 243 g/mol. The number of rotatable bonds is 5. The van der Waals surface area contributed by atoms with Crippen LogP contribution in [0.15, 0.2) is 60.3 Å². The van der Waals surface area contributed by atoms with Crippen LogP contribution >= 0.6 is 0 Å². The van der Waals surface area contributed by atoms with Gasteiger partial charge in [-0.15, -0.1) is 0 Å². The van der Waals surface area contributed by atoms with Crippen LogP contribution in [0.25, 0.3) is 0 Å². The molecule has 0 aliphatic heterocycles. The molecule has 18 heavy (non-hydrogen) atoms. The van der Waals surface area contributed by atoms with Crippen molar-refractivity contribution >= 4 is 0 Å². The molecule has 2 heteroatoms. The van der Waals surface area contributed by atoms with Gasteiger partial charge in [-0.2, -0.15) is 0 Å². The van der Waals surface area contributed by atoms with Gasteiger partial charge in [0.2, 0.25) is 0 Å². The summed E-state index contributed by atoms with van der Waals surface area (Å²) < 4.78 is 0. The van der Waals surface area contributed by atoms with Crippen molar-refractivity contribution in [1.82, 2.24) is 0 Å². The van der Waals surface area contributed by atoms with Gasteiger partial charge in [0.05, 0.1) is 0 Å². The van der Waals surface area contributed by atoms with Crippen LogP contribution in [0, 0.1) is 0 Å². The second-order valence-electron chi connectivity index (χ2n) is 4.33. The van der Waals surface area contributed by atoms with Crippen molar-refractivity contribution in [2.75, 3.05) is 0 Å². The van der Waals surface area contributed by atoms with Crippen molar-refractivity contribution in [1.29, 1.82) is 0 Å². The van der Waals surface area contributed by atoms with Crippen molar-refractivity contribution in [3.63, 3.8) is 0 Å². The summed E-state index contributed by atoms with van der Waals surface area (Å²) in [7, 11) is 0. The molecule has 0 heterocycles. The highest BCUT2D eigenvalue weighted by atomic mass is 16.3. The van der Waals surface area contributed by atoms with Crippen LogP contribution < -0.4 is 5.73 Å². The number of hydrogen-bond acceptors (Lipinski definition) is 2. The summed E-state index contributed by atoms with van der Waals surface area (Å²) in [4.78, 5) is 0. The fraction of sp³-hybridized carbons (Fsp3) is 0.250. The molecular weight excluding hydrogens is 222 g/mol. The smallest absolute Gasteiger partial charge is 0.115 e. The summed E-state index contributed by atoms with van der Waals surface area (Å²) in [6.45, 7) is 7.86. The average Bonchev–Trinajstić information content (AvgIpc) is 2.35. The zero-order valence-electron chi connectivity index (χ0n) is 11.1. The predicted octanol–water partition coefficient (Wildman–Crippen LogP) is 3.86. The number of phenols is 1. The molecule has 0 aliphatic carbocycles. The lowest BCUT2D eigenvalue weighted by Gasteiger charge is -2.16. The molecule has 0 bridgehead atoms. The van der Waals surface area contributed by atoms with Crippen molar-refractivity contribution in [2.24, 2.45) is 5.73 Å². The molecule has 0 saturated carbocycles. The third kappa shape index (κ3) is 3.81. The second-order valence-corrected chi connectivity index (χ2v) is 4.33. The summed E-state index contributed by atoms with van der Waals surface area (Å²) in [6, 6.07) is 7.31. The molecule has 1 atom stereocenters. The Hall–Kier alpha value is -1.96. The molecule has 0 aromatic heterocycles. The maximum absolute atomic E-state index is 9.32. The first-order valence-electron chi connectivity index (χ1n) is 6.13. The minimum absolute atomic E-state index is 0.277. The summed E-state index contributed by atoms with van der Waals surface area (Å²) in [6.07, 6.45) is 6.73. The Labute approximate surface area is 109 Å². The van der Waals surface area contributed by atoms with Gasteiger partial charge in [-0.3, -0.25) is 0 Å². The zero-order chi connectivity index (χ0) is 13.5. The molecule has 96 valence electrons. The first-order valence-corrected chi connectivity index (χ1v) is 6.13. The molecule has 2 nitrogen and oxygen atoms in total. The Kier molecular flexibility index (Phi) is 5.25. The van der Waals surface area contributed by atoms with E-state index >= 15 is 0 Å². The van der Waals surface area contributed by atoms with E-state index < -0.39 is 0 Å². The standard InChI is InChI=1S/C16H21NO/c1-4-13(7-6-12(3)17)16(5-2)14-8-10-15(18)11-9-14/h4,6-11,16,18H,1,5,17H2,2-3H3/b12-6+,13-7+. The van der Waals surface area contributed by atoms with E-state index in [1.165, 1.54) is 5.56 Å². The van der Waals surface area contributed by atoms with Gasteiger partial charge in [-0.05, 0) is 42.7 Å². The first-order chi connectivity index (χ1) is 8.58. The van der Waals surface area contributed by atoms with E-state index in [-0.39, 0.29) is 11.7 Å². The highest BCUT2D eigenvalue weighted by Crippen LogP contribution is 2.29. The molecule has 0 aliphatic rings. The third-order valence-electron chi connectivity index (χ3n) is 2.88. The van der Waals surface area contributed by atoms with Gasteiger partial charge in [0.1, 0.15) is 5.75 Å². The van der Waals surface area contributed by atoms with E-state index in [4.69, 9.17) is 5.73 Å². The number of nitrogens with two attached hydrogens (primary N) is 1. The van der Waals surface area contributed by atoms with Crippen LogP contribution in [-0.4, -0.2) is 5.11 Å². The molecule has 0 spiro atoms. The van der Waals surface area contributed by atoms with Gasteiger partial charge < -0.3 is 10.8 Å². The fourth-order valence-corrected chi connectivity index (χ4v) is 1.92. The number of aromatic hydroxyl groups is 1. The highest BCUT2D eigenvalue weighted by Gasteiger charge is 2.11. The van der Waals surface area contributed by atoms with Crippen molar-refractivity contribution in [2.45, 2.75) is 26.2 Å². The molecule has 0 saturated heterocycles. The lowest BCUT2D eigenvalue weighted by Crippen LogP contribution is -2.00. The Bertz CT molecular complexity index is 450. The topological polar surface area (TPSA) is 46.2 Å². The Morgan fingerprint density at radius 3 is 2.39 bits per heavy atom. The number of benzene rings is 1. The first kappa shape index (κ1) is 14.1. The van der Waals surface area contributed by atoms with Gasteiger partial charge >= 0.3 is 0 Å². The zero-order valence-corrected chi connectivity index (χ0v) is 11.1. The van der Waals surface area contributed by atoms with E-state index in [2.05, 4.69) is 13.5 Å². The van der Waals surface area contributed by atoms with Crippen LogP contribution in [0.5, 0.6) is 5.75 Å². The quantitative estimate of drug-likeness (QED) is 0.771. The van der Waals surface area contributed by atoms with Gasteiger partial charge in [0, 0.05) is 11.6 Å². The fourth-order valence-electron chi connectivity index (χ4n) is 1.92. The van der Waals surface area contributed by atoms with Gasteiger partial charge in [0.15, 0.2) is 0 Å². The molecule has 3 N–H and O–H groups in total. The Balaban J connectivity index is 3.07. The van der Waals surface area contributed by atoms with Crippen LogP contribution in [0.2, 0.25) is 0 Å². The van der Waals surface area contributed by atoms with Gasteiger partial charge in [0.25, 0.3) is 0 Å². The van der Waals surface area contributed by atoms with Crippen molar-refractivity contribution < 1.29 is 5.11 Å². The summed E-state index contributed by atoms with van der Waals surface area (Å²) in [5.74, 6) is 0.564. The summed E-state index contributed by atoms with van der Waals surface area (Å²) in [5.41, 5.74) is 8.72. The van der Waals surface area contributed by atoms with E-state index in [0.717, 1.165) is 17.7 Å². The maximum Gasteiger partial charge on any atom is 0.115 e. The van der Waals surface area contributed by atoms with Crippen LogP contribution in [-0.2, 0) is 0 Å². The predicted molar refractivity (Wildman–Crippen MR) is 77.4 cm³/mol. The summed E-state index contributed by atoms with van der Waals surface area (Å²) in [5, 5.41) is 9.32. The van der Waals surface area contributed by atoms with Crippen LogP contribution in [0.1, 0.15) is 31.7 Å². The summed E-state index contributed by atoms with van der Waals surface area (Å²) >= 11 is 0. The SMILES string of the molecule is C=C/C(=C\C=C(/C)N)C(CC)c1ccc(O)cc1. The normalized spacial score (nSPS) is 14.3. The minimum Gasteiger partial charge on any atom is -0.508 e. The van der Waals surface area contributed by atoms with E-state index in [1.54, 1.807) is 12.1 Å². The highest BCUT2D eigenvalue weighted by molar-refractivity contribution is 5.38. The largest absolute Gasteiger partial charge is 0.508 e. The van der Waals surface area contributed by atoms with E-state index in [1.807, 2.05) is 37.3 Å². The van der Waals surface area contributed by atoms with Crippen LogP contribution in [0.4, 0.5) is 0 Å². The molecule has 1 aromatic rings. The second kappa shape index (κ2) is 6.70. The molecule has 0 fully saturated rings. The lowest BCUT2D eigenvalue weighted by atomic mass is 9.88. The molecule has 0 radical (unpaired) electrons. The van der Waals surface area contributed by atoms with Crippen molar-refractivity contribution in [3.8, 4) is 5.75 Å². The molecule has 1 unspecified atom stereocenters. The van der Waals surface area contributed by atoms with Gasteiger partial charge in [-0.1, -0.05) is 37.8 Å². The molecule has 1 aromatic carbocycles. The lowest BCUT2D eigenvalue weighted by molar-refractivity contribution is 0.475. The van der Waals surface area contributed by atoms with Gasteiger partial charge in [-0.25, -0.2) is 0 Å². The van der Waals surface area contributed by atoms with E-state index in [9.17, 15) is 5.11 Å². The third-order valence-corrected chi connectivity index (χ3v) is 2.88. The van der Waals surface area contributed by atoms with Crippen molar-refractivity contribution in [3.05, 3.63) is 65.9 Å².